The first-order valence-electron chi connectivity index (χ1n) is 6.73. The largest absolute Gasteiger partial charge is 0.493 e. The molecule has 0 radical (unpaired) electrons. The first kappa shape index (κ1) is 15.6. The first-order valence-corrected chi connectivity index (χ1v) is 6.73. The zero-order chi connectivity index (χ0) is 16.3. The monoisotopic (exact) mass is 306 g/mol. The number of nitrogens with zero attached hydrogens (tertiary/aromatic N) is 4. The predicted molar refractivity (Wildman–Crippen MR) is 78.6 cm³/mol. The summed E-state index contributed by atoms with van der Waals surface area (Å²) < 4.78 is 14.8. The fourth-order valence-electron chi connectivity index (χ4n) is 1.94. The molecule has 0 unspecified atom stereocenters. The molecule has 2 rings (SSSR count). The van der Waals surface area contributed by atoms with Crippen LogP contribution in [0.25, 0.3) is 0 Å². The average molecular weight is 306 g/mol. The van der Waals surface area contributed by atoms with Gasteiger partial charge in [-0.05, 0) is 38.1 Å². The molecule has 0 spiro atoms. The van der Waals surface area contributed by atoms with Gasteiger partial charge in [0.15, 0.2) is 0 Å². The van der Waals surface area contributed by atoms with Crippen molar-refractivity contribution < 1.29 is 9.50 Å². The zero-order valence-corrected chi connectivity index (χ0v) is 12.2. The highest BCUT2D eigenvalue weighted by molar-refractivity contribution is 5.45. The molecular formula is C14H15FN4O3. The summed E-state index contributed by atoms with van der Waals surface area (Å²) in [5.74, 6) is -0.956. The third kappa shape index (κ3) is 2.80. The Balaban J connectivity index is 2.58. The Morgan fingerprint density at radius 1 is 1.05 bits per heavy atom. The van der Waals surface area contributed by atoms with Gasteiger partial charge in [-0.15, -0.1) is 5.11 Å². The van der Waals surface area contributed by atoms with Crippen molar-refractivity contribution in [1.82, 2.24) is 9.13 Å². The highest BCUT2D eigenvalue weighted by atomic mass is 19.1. The van der Waals surface area contributed by atoms with E-state index in [2.05, 4.69) is 10.2 Å². The molecule has 116 valence electrons. The lowest BCUT2D eigenvalue weighted by atomic mass is 10.3. The minimum atomic E-state index is -0.722. The third-order valence-corrected chi connectivity index (χ3v) is 3.10. The van der Waals surface area contributed by atoms with Gasteiger partial charge in [0.25, 0.3) is 5.56 Å². The van der Waals surface area contributed by atoms with Crippen LogP contribution in [0.5, 0.6) is 5.88 Å². The number of aromatic hydroxyl groups is 1. The van der Waals surface area contributed by atoms with Gasteiger partial charge >= 0.3 is 5.69 Å². The van der Waals surface area contributed by atoms with Crippen LogP contribution in [0.3, 0.4) is 0 Å². The lowest BCUT2D eigenvalue weighted by Gasteiger charge is -2.10. The van der Waals surface area contributed by atoms with E-state index >= 15 is 0 Å². The summed E-state index contributed by atoms with van der Waals surface area (Å²) in [4.78, 5) is 24.1. The van der Waals surface area contributed by atoms with Crippen molar-refractivity contribution in [3.05, 3.63) is 50.9 Å². The topological polar surface area (TPSA) is 88.9 Å². The molecule has 1 heterocycles. The van der Waals surface area contributed by atoms with E-state index in [1.807, 2.05) is 0 Å². The van der Waals surface area contributed by atoms with Crippen molar-refractivity contribution in [2.75, 3.05) is 0 Å². The van der Waals surface area contributed by atoms with Crippen molar-refractivity contribution in [3.63, 3.8) is 0 Å². The Labute approximate surface area is 125 Å². The van der Waals surface area contributed by atoms with E-state index in [1.165, 1.54) is 24.3 Å². The molecule has 0 atom stereocenters. The molecule has 0 bridgehead atoms. The average Bonchev–Trinajstić information content (AvgIpc) is 2.50. The smallest absolute Gasteiger partial charge is 0.333 e. The molecule has 0 saturated heterocycles. The highest BCUT2D eigenvalue weighted by Crippen LogP contribution is 2.23. The number of hydrogen-bond acceptors (Lipinski definition) is 5. The van der Waals surface area contributed by atoms with Crippen LogP contribution >= 0.6 is 0 Å². The quantitative estimate of drug-likeness (QED) is 0.879. The Morgan fingerprint density at radius 3 is 2.18 bits per heavy atom. The molecule has 8 heteroatoms. The molecule has 1 aromatic carbocycles. The SMILES string of the molecule is CCn1c(O)c(N=Nc2ccc(F)cc2)c(=O)n(CC)c1=O. The molecule has 0 aliphatic rings. The van der Waals surface area contributed by atoms with Crippen LogP contribution in [0.2, 0.25) is 0 Å². The van der Waals surface area contributed by atoms with E-state index in [1.54, 1.807) is 13.8 Å². The van der Waals surface area contributed by atoms with E-state index in [9.17, 15) is 19.1 Å². The molecule has 0 amide bonds. The van der Waals surface area contributed by atoms with Crippen LogP contribution < -0.4 is 11.2 Å². The molecule has 22 heavy (non-hydrogen) atoms. The van der Waals surface area contributed by atoms with Crippen LogP contribution in [-0.4, -0.2) is 14.2 Å². The maximum absolute atomic E-state index is 12.8. The Bertz CT molecular complexity index is 822. The van der Waals surface area contributed by atoms with Crippen molar-refractivity contribution in [3.8, 4) is 5.88 Å². The number of aromatic nitrogens is 2. The van der Waals surface area contributed by atoms with Gasteiger partial charge in [0.1, 0.15) is 5.82 Å². The Kier molecular flexibility index (Phi) is 4.50. The number of halogens is 1. The normalized spacial score (nSPS) is 11.2. The van der Waals surface area contributed by atoms with Gasteiger partial charge in [0, 0.05) is 13.1 Å². The van der Waals surface area contributed by atoms with Gasteiger partial charge in [-0.1, -0.05) is 0 Å². The van der Waals surface area contributed by atoms with Crippen LogP contribution in [0.15, 0.2) is 44.1 Å². The minimum Gasteiger partial charge on any atom is -0.493 e. The molecule has 0 aliphatic carbocycles. The maximum atomic E-state index is 12.8. The predicted octanol–water partition coefficient (Wildman–Crippen LogP) is 2.31. The molecule has 2 aromatic rings. The number of azo groups is 1. The molecule has 0 fully saturated rings. The maximum Gasteiger partial charge on any atom is 0.333 e. The summed E-state index contributed by atoms with van der Waals surface area (Å²) in [5, 5.41) is 17.5. The Hall–Kier alpha value is -2.77. The molecule has 0 saturated carbocycles. The Morgan fingerprint density at radius 2 is 1.64 bits per heavy atom. The van der Waals surface area contributed by atoms with Crippen molar-refractivity contribution in [1.29, 1.82) is 0 Å². The molecule has 1 N–H and O–H groups in total. The van der Waals surface area contributed by atoms with Crippen LogP contribution in [0, 0.1) is 5.82 Å². The van der Waals surface area contributed by atoms with Crippen LogP contribution in [0.4, 0.5) is 15.8 Å². The lowest BCUT2D eigenvalue weighted by molar-refractivity contribution is 0.397. The van der Waals surface area contributed by atoms with E-state index < -0.39 is 22.9 Å². The van der Waals surface area contributed by atoms with Crippen molar-refractivity contribution in [2.45, 2.75) is 26.9 Å². The second-order valence-electron chi connectivity index (χ2n) is 4.42. The van der Waals surface area contributed by atoms with Gasteiger partial charge in [0.05, 0.1) is 5.69 Å². The van der Waals surface area contributed by atoms with Gasteiger partial charge in [-0.3, -0.25) is 13.9 Å². The van der Waals surface area contributed by atoms with E-state index in [0.29, 0.717) is 5.69 Å². The van der Waals surface area contributed by atoms with Crippen LogP contribution in [0.1, 0.15) is 13.8 Å². The summed E-state index contributed by atoms with van der Waals surface area (Å²) in [7, 11) is 0. The standard InChI is InChI=1S/C14H15FN4O3/c1-3-18-12(20)11(13(21)19(4-2)14(18)22)17-16-10-7-5-9(15)6-8-10/h5-8,20H,3-4H2,1-2H3. The van der Waals surface area contributed by atoms with Crippen molar-refractivity contribution >= 4 is 11.4 Å². The summed E-state index contributed by atoms with van der Waals surface area (Å²) >= 11 is 0. The second kappa shape index (κ2) is 6.33. The number of benzene rings is 1. The summed E-state index contributed by atoms with van der Waals surface area (Å²) in [6.45, 7) is 3.63. The van der Waals surface area contributed by atoms with E-state index in [-0.39, 0.29) is 18.8 Å². The second-order valence-corrected chi connectivity index (χ2v) is 4.42. The summed E-state index contributed by atoms with van der Waals surface area (Å²) in [6.07, 6.45) is 0. The molecule has 0 aliphatic heterocycles. The third-order valence-electron chi connectivity index (χ3n) is 3.10. The highest BCUT2D eigenvalue weighted by Gasteiger charge is 2.16. The first-order chi connectivity index (χ1) is 10.5. The number of hydrogen-bond donors (Lipinski definition) is 1. The van der Waals surface area contributed by atoms with Gasteiger partial charge in [0.2, 0.25) is 11.6 Å². The zero-order valence-electron chi connectivity index (χ0n) is 12.2. The van der Waals surface area contributed by atoms with Crippen molar-refractivity contribution in [2.24, 2.45) is 10.2 Å². The molecule has 1 aromatic heterocycles. The van der Waals surface area contributed by atoms with Gasteiger partial charge in [-0.2, -0.15) is 5.11 Å². The molecular weight excluding hydrogens is 291 g/mol. The fraction of sp³-hybridized carbons (Fsp3) is 0.286. The summed E-state index contributed by atoms with van der Waals surface area (Å²) in [6, 6.07) is 5.16. The lowest BCUT2D eigenvalue weighted by Crippen LogP contribution is -2.38. The van der Waals surface area contributed by atoms with Crippen LogP contribution in [-0.2, 0) is 13.1 Å². The minimum absolute atomic E-state index is 0.150. The number of rotatable bonds is 4. The van der Waals surface area contributed by atoms with E-state index in [4.69, 9.17) is 0 Å². The van der Waals surface area contributed by atoms with E-state index in [0.717, 1.165) is 9.13 Å². The summed E-state index contributed by atoms with van der Waals surface area (Å²) in [5.41, 5.74) is -1.33. The fourth-order valence-corrected chi connectivity index (χ4v) is 1.94. The molecule has 7 nitrogen and oxygen atoms in total. The van der Waals surface area contributed by atoms with Gasteiger partial charge < -0.3 is 5.11 Å². The van der Waals surface area contributed by atoms with Gasteiger partial charge in [-0.25, -0.2) is 9.18 Å².